The number of fused-ring (bicyclic) bond motifs is 2. The summed E-state index contributed by atoms with van der Waals surface area (Å²) in [6, 6.07) is 13.0. The van der Waals surface area contributed by atoms with Crippen molar-refractivity contribution in [1.82, 2.24) is 25.1 Å². The van der Waals surface area contributed by atoms with Gasteiger partial charge in [0.25, 0.3) is 0 Å². The number of aryl methyl sites for hydroxylation is 1. The number of rotatable bonds is 5. The molecule has 0 saturated carbocycles. The van der Waals surface area contributed by atoms with Crippen LogP contribution in [-0.2, 0) is 0 Å². The van der Waals surface area contributed by atoms with Gasteiger partial charge in [-0.15, -0.1) is 11.3 Å². The van der Waals surface area contributed by atoms with E-state index in [1.54, 1.807) is 11.3 Å². The van der Waals surface area contributed by atoms with E-state index in [0.717, 1.165) is 50.9 Å². The molecule has 0 saturated heterocycles. The molecule has 0 amide bonds. The summed E-state index contributed by atoms with van der Waals surface area (Å²) in [7, 11) is 4.15. The summed E-state index contributed by atoms with van der Waals surface area (Å²) < 4.78 is 0. The van der Waals surface area contributed by atoms with Gasteiger partial charge in [-0.3, -0.25) is 15.1 Å². The Balaban J connectivity index is 1.43. The molecule has 5 heterocycles. The van der Waals surface area contributed by atoms with Crippen molar-refractivity contribution in [3.8, 4) is 21.8 Å². The number of allylic oxidation sites excluding steroid dienone is 2. The fourth-order valence-electron chi connectivity index (χ4n) is 4.62. The Morgan fingerprint density at radius 3 is 2.77 bits per heavy atom. The molecule has 0 radical (unpaired) electrons. The number of aromatic amines is 2. The van der Waals surface area contributed by atoms with Crippen molar-refractivity contribution in [3.63, 3.8) is 0 Å². The van der Waals surface area contributed by atoms with Gasteiger partial charge in [0, 0.05) is 45.0 Å². The van der Waals surface area contributed by atoms with Crippen LogP contribution in [0.4, 0.5) is 0 Å². The number of hydrogen-bond acceptors (Lipinski definition) is 5. The number of aromatic nitrogens is 4. The lowest BCUT2D eigenvalue weighted by Gasteiger charge is -2.10. The standard InChI is InChI=1S/C28H26N6S/c1-17-4-7-27(35-17)23-14-30-15-26-21(23)12-25(31-26)28-22-11-19(5-6-24(22)32-33-28)20-8-9-29-13-18(10-20)16-34(2)3/h4-8,10-15,31H,9,16H2,1-3H3,(H,32,33). The SMILES string of the molecule is Cc1ccc(-c2cncc3[nH]c(-c4n[nH]c5ccc(C6=CCN=CC(CN(C)C)=C6)cc45)cc23)s1. The topological polar surface area (TPSA) is 73.0 Å². The molecule has 1 aromatic carbocycles. The van der Waals surface area contributed by atoms with E-state index in [1.807, 2.05) is 18.6 Å². The first-order chi connectivity index (χ1) is 17.0. The zero-order chi connectivity index (χ0) is 23.9. The number of hydrogen-bond donors (Lipinski definition) is 2. The van der Waals surface area contributed by atoms with Crippen LogP contribution in [0.2, 0.25) is 0 Å². The Kier molecular flexibility index (Phi) is 5.43. The Bertz CT molecular complexity index is 1640. The molecule has 2 N–H and O–H groups in total. The van der Waals surface area contributed by atoms with Gasteiger partial charge in [0.2, 0.25) is 0 Å². The summed E-state index contributed by atoms with van der Waals surface area (Å²) in [5.41, 5.74) is 8.60. The van der Waals surface area contributed by atoms with Crippen molar-refractivity contribution in [2.75, 3.05) is 27.2 Å². The van der Waals surface area contributed by atoms with Crippen LogP contribution in [0, 0.1) is 6.92 Å². The molecular formula is C28H26N6S. The minimum Gasteiger partial charge on any atom is -0.352 e. The Labute approximate surface area is 207 Å². The number of nitrogens with zero attached hydrogens (tertiary/aromatic N) is 4. The molecule has 0 aliphatic carbocycles. The van der Waals surface area contributed by atoms with E-state index < -0.39 is 0 Å². The van der Waals surface area contributed by atoms with Gasteiger partial charge in [-0.05, 0) is 74.1 Å². The third kappa shape index (κ3) is 4.13. The number of nitrogens with one attached hydrogen (secondary N) is 2. The summed E-state index contributed by atoms with van der Waals surface area (Å²) in [5, 5.41) is 10.1. The molecule has 6 rings (SSSR count). The lowest BCUT2D eigenvalue weighted by Crippen LogP contribution is -2.15. The van der Waals surface area contributed by atoms with Gasteiger partial charge in [0.15, 0.2) is 0 Å². The molecule has 4 aromatic heterocycles. The molecule has 5 aromatic rings. The average Bonchev–Trinajstić information content (AvgIpc) is 3.53. The van der Waals surface area contributed by atoms with Crippen molar-refractivity contribution < 1.29 is 0 Å². The number of pyridine rings is 1. The van der Waals surface area contributed by atoms with Gasteiger partial charge in [0.05, 0.1) is 29.5 Å². The Hall–Kier alpha value is -3.81. The quantitative estimate of drug-likeness (QED) is 0.321. The first kappa shape index (κ1) is 21.7. The maximum Gasteiger partial charge on any atom is 0.116 e. The van der Waals surface area contributed by atoms with E-state index >= 15 is 0 Å². The highest BCUT2D eigenvalue weighted by atomic mass is 32.1. The van der Waals surface area contributed by atoms with E-state index in [4.69, 9.17) is 0 Å². The van der Waals surface area contributed by atoms with Crippen molar-refractivity contribution in [2.45, 2.75) is 6.92 Å². The third-order valence-corrected chi connectivity index (χ3v) is 7.25. The van der Waals surface area contributed by atoms with Gasteiger partial charge < -0.3 is 9.88 Å². The smallest absolute Gasteiger partial charge is 0.116 e. The zero-order valence-corrected chi connectivity index (χ0v) is 20.8. The van der Waals surface area contributed by atoms with Gasteiger partial charge in [-0.25, -0.2) is 0 Å². The first-order valence-corrected chi connectivity index (χ1v) is 12.4. The maximum atomic E-state index is 4.69. The van der Waals surface area contributed by atoms with Gasteiger partial charge >= 0.3 is 0 Å². The van der Waals surface area contributed by atoms with Crippen LogP contribution in [0.15, 0.2) is 71.5 Å². The highest BCUT2D eigenvalue weighted by Gasteiger charge is 2.16. The molecular weight excluding hydrogens is 452 g/mol. The first-order valence-electron chi connectivity index (χ1n) is 11.6. The molecule has 1 aliphatic heterocycles. The minimum absolute atomic E-state index is 0.680. The van der Waals surface area contributed by atoms with E-state index in [2.05, 4.69) is 99.6 Å². The molecule has 35 heavy (non-hydrogen) atoms. The second-order valence-corrected chi connectivity index (χ2v) is 10.5. The van der Waals surface area contributed by atoms with E-state index in [9.17, 15) is 0 Å². The van der Waals surface area contributed by atoms with Crippen LogP contribution in [-0.4, -0.2) is 58.5 Å². The average molecular weight is 479 g/mol. The fourth-order valence-corrected chi connectivity index (χ4v) is 5.51. The molecule has 0 spiro atoms. The van der Waals surface area contributed by atoms with Crippen LogP contribution in [0.5, 0.6) is 0 Å². The Morgan fingerprint density at radius 1 is 1.03 bits per heavy atom. The van der Waals surface area contributed by atoms with E-state index in [0.29, 0.717) is 6.54 Å². The zero-order valence-electron chi connectivity index (χ0n) is 20.0. The molecule has 6 nitrogen and oxygen atoms in total. The minimum atomic E-state index is 0.680. The highest BCUT2D eigenvalue weighted by Crippen LogP contribution is 2.36. The lowest BCUT2D eigenvalue weighted by molar-refractivity contribution is 0.451. The third-order valence-electron chi connectivity index (χ3n) is 6.22. The summed E-state index contributed by atoms with van der Waals surface area (Å²) in [5.74, 6) is 0. The highest BCUT2D eigenvalue weighted by molar-refractivity contribution is 7.15. The van der Waals surface area contributed by atoms with Crippen LogP contribution >= 0.6 is 11.3 Å². The van der Waals surface area contributed by atoms with E-state index in [-0.39, 0.29) is 0 Å². The molecule has 0 bridgehead atoms. The lowest BCUT2D eigenvalue weighted by atomic mass is 10.00. The van der Waals surface area contributed by atoms with E-state index in [1.165, 1.54) is 20.9 Å². The second-order valence-electron chi connectivity index (χ2n) is 9.18. The van der Waals surface area contributed by atoms with Crippen LogP contribution in [0.1, 0.15) is 10.4 Å². The summed E-state index contributed by atoms with van der Waals surface area (Å²) in [6.07, 6.45) is 10.2. The molecule has 0 fully saturated rings. The normalized spacial score (nSPS) is 14.1. The summed E-state index contributed by atoms with van der Waals surface area (Å²) in [4.78, 5) is 17.2. The molecule has 174 valence electrons. The number of H-pyrrole nitrogens is 2. The number of benzene rings is 1. The monoisotopic (exact) mass is 478 g/mol. The fraction of sp³-hybridized carbons (Fsp3) is 0.179. The maximum absolute atomic E-state index is 4.69. The number of likely N-dealkylation sites (N-methyl/N-ethyl adjacent to an activating group) is 1. The van der Waals surface area contributed by atoms with Crippen molar-refractivity contribution >= 4 is 44.9 Å². The Morgan fingerprint density at radius 2 is 1.94 bits per heavy atom. The van der Waals surface area contributed by atoms with Crippen LogP contribution < -0.4 is 0 Å². The number of aliphatic imine (C=N–C) groups is 1. The summed E-state index contributed by atoms with van der Waals surface area (Å²) >= 11 is 1.79. The van der Waals surface area contributed by atoms with Crippen molar-refractivity contribution in [2.24, 2.45) is 4.99 Å². The van der Waals surface area contributed by atoms with Crippen LogP contribution in [0.3, 0.4) is 0 Å². The molecule has 0 unspecified atom stereocenters. The molecule has 1 aliphatic rings. The second kappa shape index (κ2) is 8.76. The predicted octanol–water partition coefficient (Wildman–Crippen LogP) is 6.10. The van der Waals surface area contributed by atoms with Crippen LogP contribution in [0.25, 0.3) is 49.2 Å². The van der Waals surface area contributed by atoms with Gasteiger partial charge in [-0.2, -0.15) is 5.10 Å². The van der Waals surface area contributed by atoms with Gasteiger partial charge in [0.1, 0.15) is 5.69 Å². The largest absolute Gasteiger partial charge is 0.352 e. The van der Waals surface area contributed by atoms with Crippen molar-refractivity contribution in [1.29, 1.82) is 0 Å². The molecule has 0 atom stereocenters. The predicted molar refractivity (Wildman–Crippen MR) is 147 cm³/mol. The van der Waals surface area contributed by atoms with Crippen molar-refractivity contribution in [3.05, 3.63) is 77.0 Å². The number of thiophene rings is 1. The molecule has 7 heteroatoms. The summed E-state index contributed by atoms with van der Waals surface area (Å²) in [6.45, 7) is 3.67. The van der Waals surface area contributed by atoms with Gasteiger partial charge in [-0.1, -0.05) is 12.1 Å².